The maximum Gasteiger partial charge on any atom is 0.199 e. The molecule has 0 bridgehead atoms. The molecule has 0 radical (unpaired) electrons. The number of halogens is 1. The lowest BCUT2D eigenvalue weighted by Crippen LogP contribution is -2.14. The maximum atomic E-state index is 12.7. The van der Waals surface area contributed by atoms with Gasteiger partial charge in [-0.25, -0.2) is 0 Å². The van der Waals surface area contributed by atoms with E-state index in [-0.39, 0.29) is 0 Å². The van der Waals surface area contributed by atoms with E-state index in [1.54, 1.807) is 6.08 Å². The van der Waals surface area contributed by atoms with Gasteiger partial charge in [0.1, 0.15) is 6.07 Å². The largest absolute Gasteiger partial charge is 0.199 e. The Kier molecular flexibility index (Phi) is 7.59. The number of hydrogen-bond donors (Lipinski definition) is 0. The van der Waals surface area contributed by atoms with Crippen LogP contribution in [0.15, 0.2) is 36.2 Å². The maximum absolute atomic E-state index is 12.7. The first-order valence-corrected chi connectivity index (χ1v) is 9.33. The van der Waals surface area contributed by atoms with Crippen molar-refractivity contribution < 1.29 is 4.39 Å². The van der Waals surface area contributed by atoms with Crippen molar-refractivity contribution in [1.29, 1.82) is 5.26 Å². The van der Waals surface area contributed by atoms with Gasteiger partial charge in [-0.15, -0.1) is 0 Å². The lowest BCUT2D eigenvalue weighted by atomic mass is 9.78. The molecule has 2 fully saturated rings. The van der Waals surface area contributed by atoms with Crippen molar-refractivity contribution >= 4 is 0 Å². The van der Waals surface area contributed by atoms with E-state index < -0.39 is 5.83 Å². The summed E-state index contributed by atoms with van der Waals surface area (Å²) < 4.78 is 12.7. The molecule has 23 heavy (non-hydrogen) atoms. The third-order valence-corrected chi connectivity index (χ3v) is 5.67. The minimum absolute atomic E-state index is 0.544. The van der Waals surface area contributed by atoms with E-state index in [4.69, 9.17) is 5.26 Å². The monoisotopic (exact) mass is 315 g/mol. The highest BCUT2D eigenvalue weighted by atomic mass is 19.1. The van der Waals surface area contributed by atoms with Crippen molar-refractivity contribution in [3.63, 3.8) is 0 Å². The van der Waals surface area contributed by atoms with Gasteiger partial charge < -0.3 is 0 Å². The first-order chi connectivity index (χ1) is 11.2. The van der Waals surface area contributed by atoms with Gasteiger partial charge in [-0.3, -0.25) is 0 Å². The Balaban J connectivity index is 1.69. The average molecular weight is 315 g/mol. The molecule has 0 heterocycles. The van der Waals surface area contributed by atoms with Crippen LogP contribution in [0.5, 0.6) is 0 Å². The van der Waals surface area contributed by atoms with Crippen LogP contribution in [0.4, 0.5) is 4.39 Å². The molecular weight excluding hydrogens is 285 g/mol. The molecule has 1 nitrogen and oxygen atoms in total. The summed E-state index contributed by atoms with van der Waals surface area (Å²) in [7, 11) is 0. The zero-order valence-corrected chi connectivity index (χ0v) is 14.4. The summed E-state index contributed by atoms with van der Waals surface area (Å²) in [6, 6.07) is 1.50. The molecule has 0 atom stereocenters. The Bertz CT molecular complexity index is 467. The minimum Gasteiger partial charge on any atom is -0.195 e. The van der Waals surface area contributed by atoms with Crippen molar-refractivity contribution in [3.8, 4) is 6.07 Å². The fraction of sp³-hybridized carbons (Fsp3) is 0.667. The first-order valence-electron chi connectivity index (χ1n) is 9.33. The van der Waals surface area contributed by atoms with Crippen LogP contribution < -0.4 is 0 Å². The molecule has 0 saturated heterocycles. The number of nitriles is 1. The summed E-state index contributed by atoms with van der Waals surface area (Å²) in [6.07, 6.45) is 21.8. The van der Waals surface area contributed by atoms with Gasteiger partial charge in [0.05, 0.1) is 0 Å². The predicted molar refractivity (Wildman–Crippen MR) is 94.3 cm³/mol. The van der Waals surface area contributed by atoms with Crippen molar-refractivity contribution in [2.45, 2.75) is 64.7 Å². The van der Waals surface area contributed by atoms with Gasteiger partial charge in [-0.2, -0.15) is 9.65 Å². The molecule has 0 aromatic rings. The molecule has 0 aliphatic heterocycles. The molecule has 0 aromatic heterocycles. The molecule has 126 valence electrons. The van der Waals surface area contributed by atoms with E-state index >= 15 is 0 Å². The molecule has 0 unspecified atom stereocenters. The van der Waals surface area contributed by atoms with Gasteiger partial charge in [0.15, 0.2) is 5.83 Å². The van der Waals surface area contributed by atoms with Crippen molar-refractivity contribution in [2.24, 2.45) is 23.7 Å². The Hall–Kier alpha value is -1.36. The Morgan fingerprint density at radius 1 is 0.913 bits per heavy atom. The Morgan fingerprint density at radius 2 is 1.39 bits per heavy atom. The van der Waals surface area contributed by atoms with Gasteiger partial charge in [0.25, 0.3) is 0 Å². The minimum atomic E-state index is -0.712. The highest BCUT2D eigenvalue weighted by Gasteiger charge is 2.20. The fourth-order valence-corrected chi connectivity index (χ4v) is 3.97. The summed E-state index contributed by atoms with van der Waals surface area (Å²) in [6.45, 7) is 2.32. The first kappa shape index (κ1) is 18.0. The summed E-state index contributed by atoms with van der Waals surface area (Å²) in [5, 5.41) is 8.37. The lowest BCUT2D eigenvalue weighted by Gasteiger charge is -2.27. The molecule has 2 rings (SSSR count). The molecule has 2 aliphatic rings. The number of nitrogens with zero attached hydrogens (tertiary/aromatic N) is 1. The predicted octanol–water partition coefficient (Wildman–Crippen LogP) is 6.50. The zero-order valence-electron chi connectivity index (χ0n) is 14.4. The van der Waals surface area contributed by atoms with Crippen LogP contribution in [0.1, 0.15) is 64.7 Å². The van der Waals surface area contributed by atoms with Crippen LogP contribution >= 0.6 is 0 Å². The Morgan fingerprint density at radius 3 is 1.87 bits per heavy atom. The summed E-state index contributed by atoms with van der Waals surface area (Å²) in [5.41, 5.74) is 0. The second-order valence-electron chi connectivity index (χ2n) is 7.26. The third kappa shape index (κ3) is 6.34. The van der Waals surface area contributed by atoms with E-state index in [1.165, 1.54) is 69.9 Å². The van der Waals surface area contributed by atoms with E-state index in [0.717, 1.165) is 17.8 Å². The molecule has 2 aliphatic carbocycles. The molecule has 0 N–H and O–H groups in total. The zero-order chi connectivity index (χ0) is 16.5. The average Bonchev–Trinajstić information content (AvgIpc) is 2.61. The van der Waals surface area contributed by atoms with Crippen molar-refractivity contribution in [3.05, 3.63) is 36.2 Å². The lowest BCUT2D eigenvalue weighted by molar-refractivity contribution is 0.301. The number of hydrogen-bond acceptors (Lipinski definition) is 1. The molecule has 0 spiro atoms. The molecule has 0 aromatic carbocycles. The molecular formula is C21H30FN. The van der Waals surface area contributed by atoms with E-state index in [2.05, 4.69) is 25.2 Å². The third-order valence-electron chi connectivity index (χ3n) is 5.67. The van der Waals surface area contributed by atoms with Crippen LogP contribution in [-0.4, -0.2) is 0 Å². The summed E-state index contributed by atoms with van der Waals surface area (Å²) >= 11 is 0. The number of allylic oxidation sites excluding steroid dienone is 6. The summed E-state index contributed by atoms with van der Waals surface area (Å²) in [5.74, 6) is 2.35. The smallest absolute Gasteiger partial charge is 0.195 e. The normalized spacial score (nSPS) is 33.2. The van der Waals surface area contributed by atoms with E-state index in [1.807, 2.05) is 0 Å². The van der Waals surface area contributed by atoms with Crippen LogP contribution in [0, 0.1) is 35.0 Å². The molecule has 0 amide bonds. The van der Waals surface area contributed by atoms with E-state index in [9.17, 15) is 4.39 Å². The van der Waals surface area contributed by atoms with Crippen LogP contribution in [0.2, 0.25) is 0 Å². The standard InChI is InChI=1S/C21H30FN/c1-2-17-6-8-19(9-7-17)14-15-20-12-10-18(11-13-20)4-3-5-21(22)16-23/h3-5,14-15,17-20H,2,6-13H2,1H3/t17-,18-,19-,20-. The highest BCUT2D eigenvalue weighted by Crippen LogP contribution is 2.34. The molecule has 2 heteroatoms. The molecule has 2 saturated carbocycles. The van der Waals surface area contributed by atoms with Gasteiger partial charge in [-0.1, -0.05) is 37.6 Å². The van der Waals surface area contributed by atoms with Gasteiger partial charge in [-0.05, 0) is 81.1 Å². The van der Waals surface area contributed by atoms with Gasteiger partial charge in [0.2, 0.25) is 0 Å². The van der Waals surface area contributed by atoms with Gasteiger partial charge >= 0.3 is 0 Å². The second kappa shape index (κ2) is 9.71. The topological polar surface area (TPSA) is 23.8 Å². The highest BCUT2D eigenvalue weighted by molar-refractivity contribution is 5.19. The van der Waals surface area contributed by atoms with Crippen LogP contribution in [0.3, 0.4) is 0 Å². The fourth-order valence-electron chi connectivity index (χ4n) is 3.97. The van der Waals surface area contributed by atoms with Crippen molar-refractivity contribution in [1.82, 2.24) is 0 Å². The van der Waals surface area contributed by atoms with Gasteiger partial charge in [0, 0.05) is 0 Å². The SMILES string of the molecule is CC[C@H]1CC[C@H](C=C[C@H]2CC[C@H](C=CC=C(F)C#N)CC2)CC1. The Labute approximate surface area is 141 Å². The quantitative estimate of drug-likeness (QED) is 0.323. The van der Waals surface area contributed by atoms with Crippen LogP contribution in [0.25, 0.3) is 0 Å². The van der Waals surface area contributed by atoms with Crippen LogP contribution in [-0.2, 0) is 0 Å². The van der Waals surface area contributed by atoms with Crippen molar-refractivity contribution in [2.75, 3.05) is 0 Å². The summed E-state index contributed by atoms with van der Waals surface area (Å²) in [4.78, 5) is 0. The second-order valence-corrected chi connectivity index (χ2v) is 7.26. The number of rotatable bonds is 5. The van der Waals surface area contributed by atoms with E-state index in [0.29, 0.717) is 5.92 Å².